The molecule has 5 rings (SSSR count). The Hall–Kier alpha value is -3.85. The molecule has 4 aromatic rings. The van der Waals surface area contributed by atoms with Crippen molar-refractivity contribution >= 4 is 32.3 Å². The minimum absolute atomic E-state index is 0.00725. The lowest BCUT2D eigenvalue weighted by Gasteiger charge is -2.12. The minimum Gasteiger partial charge on any atom is -0.403 e. The van der Waals surface area contributed by atoms with Gasteiger partial charge in [0.2, 0.25) is 15.7 Å². The Morgan fingerprint density at radius 2 is 1.73 bits per heavy atom. The number of fused-ring (bicyclic) bond motifs is 3. The second kappa shape index (κ2) is 6.33. The van der Waals surface area contributed by atoms with E-state index >= 15 is 0 Å². The molecule has 0 fully saturated rings. The normalized spacial score (nSPS) is 14.5. The Kier molecular flexibility index (Phi) is 3.84. The average molecular weight is 422 g/mol. The van der Waals surface area contributed by atoms with Crippen molar-refractivity contribution in [1.29, 1.82) is 0 Å². The highest BCUT2D eigenvalue weighted by Crippen LogP contribution is 2.39. The molecule has 0 unspecified atom stereocenters. The maximum atomic E-state index is 13.7. The molecule has 9 heteroatoms. The number of para-hydroxylation sites is 1. The Balaban J connectivity index is 1.85. The maximum absolute atomic E-state index is 13.7. The van der Waals surface area contributed by atoms with Crippen LogP contribution in [0.15, 0.2) is 79.7 Å². The molecule has 2 heterocycles. The van der Waals surface area contributed by atoms with E-state index in [1.807, 2.05) is 0 Å². The number of benzene rings is 3. The molecule has 1 aromatic heterocycles. The molecule has 3 aromatic carbocycles. The highest BCUT2D eigenvalue weighted by molar-refractivity contribution is 7.92. The second-order valence-electron chi connectivity index (χ2n) is 6.60. The van der Waals surface area contributed by atoms with Crippen LogP contribution in [0, 0.1) is 5.82 Å². The summed E-state index contributed by atoms with van der Waals surface area (Å²) in [6.45, 7) is 0. The summed E-state index contributed by atoms with van der Waals surface area (Å²) < 4.78 is 45.9. The minimum atomic E-state index is -4.28. The first kappa shape index (κ1) is 18.2. The molecule has 0 aliphatic carbocycles. The predicted molar refractivity (Wildman–Crippen MR) is 106 cm³/mol. The van der Waals surface area contributed by atoms with Gasteiger partial charge in [0.1, 0.15) is 10.7 Å². The first-order chi connectivity index (χ1) is 14.4. The molecule has 0 radical (unpaired) electrons. The number of carbonyl (C=O) groups excluding carboxylic acids is 1. The van der Waals surface area contributed by atoms with Crippen molar-refractivity contribution in [2.24, 2.45) is 0 Å². The molecule has 148 valence electrons. The summed E-state index contributed by atoms with van der Waals surface area (Å²) in [6, 6.07) is 13.7. The fraction of sp³-hybridized carbons (Fsp3) is 0. The van der Waals surface area contributed by atoms with E-state index in [9.17, 15) is 22.4 Å². The van der Waals surface area contributed by atoms with Crippen molar-refractivity contribution < 1.29 is 22.0 Å². The van der Waals surface area contributed by atoms with E-state index in [1.54, 1.807) is 24.3 Å². The van der Waals surface area contributed by atoms with Crippen LogP contribution in [0.2, 0.25) is 0 Å². The van der Waals surface area contributed by atoms with Crippen molar-refractivity contribution in [3.63, 3.8) is 0 Å². The molecule has 1 amide bonds. The molecule has 0 atom stereocenters. The molecule has 30 heavy (non-hydrogen) atoms. The van der Waals surface area contributed by atoms with Crippen LogP contribution in [0.1, 0.15) is 10.4 Å². The summed E-state index contributed by atoms with van der Waals surface area (Å²) in [6.07, 6.45) is 0. The Morgan fingerprint density at radius 1 is 0.933 bits per heavy atom. The maximum Gasteiger partial charge on any atom is 0.347 e. The van der Waals surface area contributed by atoms with Crippen molar-refractivity contribution in [3.8, 4) is 11.5 Å². The number of nitrogens with zero attached hydrogens (tertiary/aromatic N) is 1. The molecule has 0 saturated heterocycles. The monoisotopic (exact) mass is 422 g/mol. The molecule has 1 aliphatic heterocycles. The van der Waals surface area contributed by atoms with Crippen molar-refractivity contribution in [3.05, 3.63) is 82.5 Å². The number of nitrogens with one attached hydrogen (secondary N) is 1. The number of carbonyl (C=O) groups is 1. The summed E-state index contributed by atoms with van der Waals surface area (Å²) in [5, 5.41) is 2.74. The third-order valence-electron chi connectivity index (χ3n) is 4.77. The van der Waals surface area contributed by atoms with Gasteiger partial charge in [0.25, 0.3) is 5.91 Å². The topological polar surface area (TPSA) is 106 Å². The summed E-state index contributed by atoms with van der Waals surface area (Å²) >= 11 is 0. The van der Waals surface area contributed by atoms with Crippen LogP contribution in [-0.2, 0) is 9.84 Å². The zero-order chi connectivity index (χ0) is 21.0. The van der Waals surface area contributed by atoms with Crippen molar-refractivity contribution in [2.45, 2.75) is 9.79 Å². The lowest BCUT2D eigenvalue weighted by atomic mass is 10.1. The smallest absolute Gasteiger partial charge is 0.347 e. The van der Waals surface area contributed by atoms with Gasteiger partial charge in [0, 0.05) is 0 Å². The van der Waals surface area contributed by atoms with Gasteiger partial charge in [-0.3, -0.25) is 4.79 Å². The van der Waals surface area contributed by atoms with Gasteiger partial charge < -0.3 is 9.73 Å². The van der Waals surface area contributed by atoms with Crippen LogP contribution in [0.5, 0.6) is 0 Å². The summed E-state index contributed by atoms with van der Waals surface area (Å²) in [5.41, 5.74) is -0.672. The Morgan fingerprint density at radius 3 is 2.57 bits per heavy atom. The molecule has 0 spiro atoms. The Bertz CT molecular complexity index is 1540. The summed E-state index contributed by atoms with van der Waals surface area (Å²) in [4.78, 5) is 28.6. The third kappa shape index (κ3) is 2.63. The van der Waals surface area contributed by atoms with E-state index in [2.05, 4.69) is 10.3 Å². The first-order valence-corrected chi connectivity index (χ1v) is 10.2. The largest absolute Gasteiger partial charge is 0.403 e. The fourth-order valence-electron chi connectivity index (χ4n) is 3.44. The number of sulfone groups is 1. The van der Waals surface area contributed by atoms with Gasteiger partial charge in [0.05, 0.1) is 32.6 Å². The fourth-order valence-corrected chi connectivity index (χ4v) is 5.20. The first-order valence-electron chi connectivity index (χ1n) is 8.75. The van der Waals surface area contributed by atoms with Gasteiger partial charge in [-0.05, 0) is 42.5 Å². The quantitative estimate of drug-likeness (QED) is 0.471. The van der Waals surface area contributed by atoms with Crippen molar-refractivity contribution in [1.82, 2.24) is 4.98 Å². The van der Waals surface area contributed by atoms with E-state index in [4.69, 9.17) is 4.42 Å². The number of anilines is 1. The van der Waals surface area contributed by atoms with E-state index in [1.165, 1.54) is 18.2 Å². The molecular formula is C21H11FN2O5S. The summed E-state index contributed by atoms with van der Waals surface area (Å²) in [5.74, 6) is -1.72. The van der Waals surface area contributed by atoms with Crippen LogP contribution in [0.3, 0.4) is 0 Å². The van der Waals surface area contributed by atoms with E-state index in [0.717, 1.165) is 18.2 Å². The van der Waals surface area contributed by atoms with Crippen LogP contribution < -0.4 is 10.9 Å². The number of hydrogen-bond donors (Lipinski definition) is 1. The number of rotatable bonds is 1. The lowest BCUT2D eigenvalue weighted by molar-refractivity contribution is 0.102. The zero-order valence-corrected chi connectivity index (χ0v) is 15.9. The van der Waals surface area contributed by atoms with Crippen LogP contribution >= 0.6 is 0 Å². The van der Waals surface area contributed by atoms with E-state index in [-0.39, 0.29) is 37.9 Å². The third-order valence-corrected chi connectivity index (χ3v) is 6.69. The van der Waals surface area contributed by atoms with Gasteiger partial charge in [-0.25, -0.2) is 22.6 Å². The highest BCUT2D eigenvalue weighted by atomic mass is 32.2. The zero-order valence-electron chi connectivity index (χ0n) is 15.0. The molecule has 7 nitrogen and oxygen atoms in total. The lowest BCUT2D eigenvalue weighted by Crippen LogP contribution is -2.12. The number of hydrogen-bond acceptors (Lipinski definition) is 6. The Labute approximate surface area is 168 Å². The highest BCUT2D eigenvalue weighted by Gasteiger charge is 2.35. The molecule has 0 bridgehead atoms. The molecule has 1 N–H and O–H groups in total. The average Bonchev–Trinajstić information content (AvgIpc) is 2.80. The van der Waals surface area contributed by atoms with Crippen molar-refractivity contribution in [2.75, 3.05) is 5.32 Å². The van der Waals surface area contributed by atoms with E-state index in [0.29, 0.717) is 5.52 Å². The van der Waals surface area contributed by atoms with Crippen LogP contribution in [0.25, 0.3) is 22.4 Å². The second-order valence-corrected chi connectivity index (χ2v) is 8.46. The molecule has 0 saturated carbocycles. The van der Waals surface area contributed by atoms with Gasteiger partial charge in [0.15, 0.2) is 0 Å². The van der Waals surface area contributed by atoms with Gasteiger partial charge in [-0.1, -0.05) is 18.2 Å². The van der Waals surface area contributed by atoms with Crippen LogP contribution in [0.4, 0.5) is 10.1 Å². The van der Waals surface area contributed by atoms with Crippen LogP contribution in [-0.4, -0.2) is 19.3 Å². The van der Waals surface area contributed by atoms with Gasteiger partial charge in [-0.15, -0.1) is 0 Å². The number of halogens is 1. The SMILES string of the molecule is O=C1Nc2cccc(-c3nc4ccccc4c(=O)o3)c2S(=O)(=O)c2ccc(F)cc21. The predicted octanol–water partition coefficient (Wildman–Crippen LogP) is 3.39. The summed E-state index contributed by atoms with van der Waals surface area (Å²) in [7, 11) is -4.28. The standard InChI is InChI=1S/C21H11FN2O5S/c22-11-8-9-17-14(10-11)19(25)23-16-7-3-5-13(18(16)30(17,27)28)20-24-15-6-2-1-4-12(15)21(26)29-20/h1-10H,(H,23,25). The molecule has 1 aliphatic rings. The van der Waals surface area contributed by atoms with Gasteiger partial charge >= 0.3 is 5.63 Å². The number of aromatic nitrogens is 1. The van der Waals surface area contributed by atoms with E-state index < -0.39 is 27.2 Å². The van der Waals surface area contributed by atoms with Gasteiger partial charge in [-0.2, -0.15) is 0 Å². The molecular weight excluding hydrogens is 411 g/mol. The number of amides is 1.